The molecule has 0 aliphatic carbocycles. The first-order valence-electron chi connectivity index (χ1n) is 6.92. The van der Waals surface area contributed by atoms with Gasteiger partial charge in [-0.25, -0.2) is 4.98 Å². The van der Waals surface area contributed by atoms with Gasteiger partial charge in [-0.3, -0.25) is 0 Å². The largest absolute Gasteiger partial charge is 0.493 e. The second kappa shape index (κ2) is 6.91. The summed E-state index contributed by atoms with van der Waals surface area (Å²) in [6, 6.07) is 4.27. The number of benzene rings is 1. The Bertz CT molecular complexity index is 610. The number of aromatic nitrogens is 1. The van der Waals surface area contributed by atoms with E-state index in [2.05, 4.69) is 29.5 Å². The lowest BCUT2D eigenvalue weighted by molar-refractivity contribution is 0.354. The van der Waals surface area contributed by atoms with Gasteiger partial charge in [0.05, 0.1) is 20.3 Å². The topological polar surface area (TPSA) is 43.4 Å². The average molecular weight is 306 g/mol. The average Bonchev–Trinajstić information content (AvgIpc) is 2.91. The van der Waals surface area contributed by atoms with Crippen molar-refractivity contribution >= 4 is 11.3 Å². The van der Waals surface area contributed by atoms with Gasteiger partial charge in [0.1, 0.15) is 5.01 Å². The zero-order valence-electron chi connectivity index (χ0n) is 13.2. The van der Waals surface area contributed by atoms with Crippen LogP contribution in [0.15, 0.2) is 17.5 Å². The molecule has 1 aromatic heterocycles. The number of nitrogens with one attached hydrogen (secondary N) is 1. The van der Waals surface area contributed by atoms with Gasteiger partial charge in [0.2, 0.25) is 0 Å². The van der Waals surface area contributed by atoms with E-state index in [0.29, 0.717) is 0 Å². The normalized spacial score (nSPS) is 12.2. The molecule has 21 heavy (non-hydrogen) atoms. The highest BCUT2D eigenvalue weighted by atomic mass is 32.1. The summed E-state index contributed by atoms with van der Waals surface area (Å²) in [5.74, 6) is 1.53. The van der Waals surface area contributed by atoms with Crippen molar-refractivity contribution in [2.24, 2.45) is 0 Å². The Morgan fingerprint density at radius 3 is 2.43 bits per heavy atom. The van der Waals surface area contributed by atoms with Gasteiger partial charge in [-0.15, -0.1) is 11.3 Å². The Balaban J connectivity index is 2.09. The number of ether oxygens (including phenoxy) is 2. The summed E-state index contributed by atoms with van der Waals surface area (Å²) in [6.45, 7) is 7.00. The first-order chi connectivity index (χ1) is 10.0. The van der Waals surface area contributed by atoms with Crippen LogP contribution in [0.5, 0.6) is 11.5 Å². The van der Waals surface area contributed by atoms with Gasteiger partial charge in [-0.2, -0.15) is 0 Å². The number of nitrogens with zero attached hydrogens (tertiary/aromatic N) is 1. The Morgan fingerprint density at radius 2 is 1.86 bits per heavy atom. The molecule has 0 spiro atoms. The highest BCUT2D eigenvalue weighted by molar-refractivity contribution is 7.09. The van der Waals surface area contributed by atoms with E-state index in [-0.39, 0.29) is 6.04 Å². The van der Waals surface area contributed by atoms with Crippen LogP contribution in [0.25, 0.3) is 0 Å². The molecule has 0 unspecified atom stereocenters. The lowest BCUT2D eigenvalue weighted by atomic mass is 10.1. The molecule has 1 heterocycles. The highest BCUT2D eigenvalue weighted by Gasteiger charge is 2.12. The van der Waals surface area contributed by atoms with Gasteiger partial charge in [-0.1, -0.05) is 0 Å². The maximum Gasteiger partial charge on any atom is 0.161 e. The second-order valence-electron chi connectivity index (χ2n) is 5.06. The van der Waals surface area contributed by atoms with Gasteiger partial charge in [-0.05, 0) is 44.0 Å². The first kappa shape index (κ1) is 15.8. The number of methoxy groups -OCH3 is 2. The zero-order chi connectivity index (χ0) is 15.4. The third-order valence-corrected chi connectivity index (χ3v) is 4.59. The first-order valence-corrected chi connectivity index (χ1v) is 7.80. The van der Waals surface area contributed by atoms with Crippen LogP contribution in [-0.2, 0) is 6.54 Å². The summed E-state index contributed by atoms with van der Waals surface area (Å²) in [6.07, 6.45) is 0. The van der Waals surface area contributed by atoms with Crippen molar-refractivity contribution in [1.29, 1.82) is 0 Å². The van der Waals surface area contributed by atoms with Crippen LogP contribution in [0.2, 0.25) is 0 Å². The maximum atomic E-state index is 5.36. The third kappa shape index (κ3) is 3.74. The molecule has 4 nitrogen and oxygen atoms in total. The number of aryl methyl sites for hydroxylation is 2. The third-order valence-electron chi connectivity index (χ3n) is 3.45. The molecule has 0 fully saturated rings. The van der Waals surface area contributed by atoms with E-state index in [1.54, 1.807) is 25.6 Å². The minimum atomic E-state index is 0.233. The summed E-state index contributed by atoms with van der Waals surface area (Å²) in [4.78, 5) is 4.52. The van der Waals surface area contributed by atoms with Crippen LogP contribution in [0, 0.1) is 13.8 Å². The Kier molecular flexibility index (Phi) is 5.20. The van der Waals surface area contributed by atoms with Crippen molar-refractivity contribution in [2.45, 2.75) is 33.4 Å². The van der Waals surface area contributed by atoms with Gasteiger partial charge in [0, 0.05) is 17.6 Å². The van der Waals surface area contributed by atoms with Gasteiger partial charge >= 0.3 is 0 Å². The van der Waals surface area contributed by atoms with Crippen molar-refractivity contribution in [3.8, 4) is 11.5 Å². The molecule has 1 N–H and O–H groups in total. The van der Waals surface area contributed by atoms with Gasteiger partial charge < -0.3 is 14.8 Å². The van der Waals surface area contributed by atoms with Crippen LogP contribution < -0.4 is 14.8 Å². The summed E-state index contributed by atoms with van der Waals surface area (Å²) in [7, 11) is 3.31. The van der Waals surface area contributed by atoms with Crippen molar-refractivity contribution in [2.75, 3.05) is 14.2 Å². The molecule has 0 aliphatic rings. The molecular formula is C16H22N2O2S. The van der Waals surface area contributed by atoms with E-state index in [1.807, 2.05) is 19.1 Å². The van der Waals surface area contributed by atoms with Crippen molar-refractivity contribution in [3.05, 3.63) is 39.3 Å². The molecule has 1 atom stereocenters. The standard InChI is InChI=1S/C16H22N2O2S/c1-10-6-14(19-4)15(20-5)7-13(10)8-17-12(3)16-18-11(2)9-21-16/h6-7,9,12,17H,8H2,1-5H3/t12-/m0/s1. The molecule has 114 valence electrons. The van der Waals surface area contributed by atoms with Crippen LogP contribution in [-0.4, -0.2) is 19.2 Å². The smallest absolute Gasteiger partial charge is 0.161 e. The highest BCUT2D eigenvalue weighted by Crippen LogP contribution is 2.30. The molecule has 0 amide bonds. The van der Waals surface area contributed by atoms with Crippen LogP contribution in [0.4, 0.5) is 0 Å². The molecule has 0 aliphatic heterocycles. The van der Waals surface area contributed by atoms with Crippen molar-refractivity contribution in [1.82, 2.24) is 10.3 Å². The molecule has 0 radical (unpaired) electrons. The molecule has 0 saturated carbocycles. The lowest BCUT2D eigenvalue weighted by Gasteiger charge is -2.15. The lowest BCUT2D eigenvalue weighted by Crippen LogP contribution is -2.18. The fourth-order valence-electron chi connectivity index (χ4n) is 2.13. The Hall–Kier alpha value is -1.59. The molecule has 1 aromatic carbocycles. The maximum absolute atomic E-state index is 5.36. The van der Waals surface area contributed by atoms with Gasteiger partial charge in [0.15, 0.2) is 11.5 Å². The monoisotopic (exact) mass is 306 g/mol. The van der Waals surface area contributed by atoms with E-state index in [0.717, 1.165) is 28.7 Å². The molecule has 2 aromatic rings. The summed E-state index contributed by atoms with van der Waals surface area (Å²) < 4.78 is 10.7. The molecule has 0 bridgehead atoms. The molecular weight excluding hydrogens is 284 g/mol. The van der Waals surface area contributed by atoms with Crippen molar-refractivity contribution in [3.63, 3.8) is 0 Å². The molecule has 5 heteroatoms. The van der Waals surface area contributed by atoms with E-state index in [9.17, 15) is 0 Å². The predicted octanol–water partition coefficient (Wildman–Crippen LogP) is 3.63. The summed E-state index contributed by atoms with van der Waals surface area (Å²) in [5, 5.41) is 6.70. The minimum absolute atomic E-state index is 0.233. The van der Waals surface area contributed by atoms with Gasteiger partial charge in [0.25, 0.3) is 0 Å². The van der Waals surface area contributed by atoms with E-state index in [1.165, 1.54) is 11.1 Å². The van der Waals surface area contributed by atoms with Crippen LogP contribution in [0.1, 0.15) is 34.8 Å². The van der Waals surface area contributed by atoms with E-state index in [4.69, 9.17) is 9.47 Å². The van der Waals surface area contributed by atoms with Crippen LogP contribution >= 0.6 is 11.3 Å². The van der Waals surface area contributed by atoms with E-state index >= 15 is 0 Å². The quantitative estimate of drug-likeness (QED) is 0.885. The van der Waals surface area contributed by atoms with Crippen LogP contribution in [0.3, 0.4) is 0 Å². The number of rotatable bonds is 6. The number of thiazole rings is 1. The molecule has 2 rings (SSSR count). The predicted molar refractivity (Wildman–Crippen MR) is 86.4 cm³/mol. The second-order valence-corrected chi connectivity index (χ2v) is 5.95. The summed E-state index contributed by atoms with van der Waals surface area (Å²) >= 11 is 1.69. The minimum Gasteiger partial charge on any atom is -0.493 e. The summed E-state index contributed by atoms with van der Waals surface area (Å²) in [5.41, 5.74) is 3.46. The fraction of sp³-hybridized carbons (Fsp3) is 0.438. The Labute approximate surface area is 130 Å². The number of hydrogen-bond acceptors (Lipinski definition) is 5. The SMILES string of the molecule is COc1cc(C)c(CN[C@@H](C)c2nc(C)cs2)cc1OC. The Morgan fingerprint density at radius 1 is 1.19 bits per heavy atom. The number of hydrogen-bond donors (Lipinski definition) is 1. The fourth-order valence-corrected chi connectivity index (χ4v) is 2.96. The molecule has 0 saturated heterocycles. The van der Waals surface area contributed by atoms with E-state index < -0.39 is 0 Å². The van der Waals surface area contributed by atoms with Crippen molar-refractivity contribution < 1.29 is 9.47 Å². The zero-order valence-corrected chi connectivity index (χ0v) is 14.0.